The van der Waals surface area contributed by atoms with Crippen molar-refractivity contribution in [3.8, 4) is 5.75 Å². The Morgan fingerprint density at radius 3 is 2.67 bits per heavy atom. The van der Waals surface area contributed by atoms with Crippen molar-refractivity contribution in [2.45, 2.75) is 20.3 Å². The largest absolute Gasteiger partial charge is 0.496 e. The van der Waals surface area contributed by atoms with Gasteiger partial charge < -0.3 is 9.47 Å². The van der Waals surface area contributed by atoms with Gasteiger partial charge in [0.2, 0.25) is 0 Å². The first-order valence-electron chi connectivity index (χ1n) is 6.30. The number of amides is 1. The molecule has 7 heteroatoms. The van der Waals surface area contributed by atoms with Gasteiger partial charge in [0.1, 0.15) is 5.75 Å². The SMILES string of the molecule is CCOC(=O)C/C(C)=N/NC(=O)c1ccc(OC)c(I)c1. The summed E-state index contributed by atoms with van der Waals surface area (Å²) in [5.41, 5.74) is 3.35. The first-order valence-corrected chi connectivity index (χ1v) is 7.38. The Morgan fingerprint density at radius 1 is 1.38 bits per heavy atom. The van der Waals surface area contributed by atoms with E-state index >= 15 is 0 Å². The van der Waals surface area contributed by atoms with Gasteiger partial charge in [0, 0.05) is 11.3 Å². The molecule has 1 aromatic rings. The number of halogens is 1. The Morgan fingerprint density at radius 2 is 2.10 bits per heavy atom. The Bertz CT molecular complexity index is 558. The second-order valence-corrected chi connectivity index (χ2v) is 5.28. The van der Waals surface area contributed by atoms with Crippen molar-refractivity contribution in [3.05, 3.63) is 27.3 Å². The van der Waals surface area contributed by atoms with E-state index in [0.29, 0.717) is 23.6 Å². The van der Waals surface area contributed by atoms with E-state index in [1.54, 1.807) is 39.2 Å². The summed E-state index contributed by atoms with van der Waals surface area (Å²) in [5.74, 6) is -0.0140. The normalized spacial score (nSPS) is 11.0. The smallest absolute Gasteiger partial charge is 0.311 e. The Hall–Kier alpha value is -1.64. The topological polar surface area (TPSA) is 77.0 Å². The summed E-state index contributed by atoms with van der Waals surface area (Å²) < 4.78 is 10.8. The van der Waals surface area contributed by atoms with Gasteiger partial charge in [-0.3, -0.25) is 9.59 Å². The van der Waals surface area contributed by atoms with Gasteiger partial charge in [-0.15, -0.1) is 0 Å². The van der Waals surface area contributed by atoms with Crippen LogP contribution in [0.5, 0.6) is 5.75 Å². The number of ether oxygens (including phenoxy) is 2. The van der Waals surface area contributed by atoms with Crippen molar-refractivity contribution < 1.29 is 19.1 Å². The van der Waals surface area contributed by atoms with E-state index in [1.165, 1.54) is 0 Å². The molecule has 1 amide bonds. The second kappa shape index (κ2) is 8.60. The lowest BCUT2D eigenvalue weighted by molar-refractivity contribution is -0.141. The molecule has 0 saturated heterocycles. The number of nitrogens with one attached hydrogen (secondary N) is 1. The highest BCUT2D eigenvalue weighted by atomic mass is 127. The maximum atomic E-state index is 11.9. The van der Waals surface area contributed by atoms with Gasteiger partial charge in [-0.1, -0.05) is 0 Å². The average Bonchev–Trinajstić information content (AvgIpc) is 2.44. The van der Waals surface area contributed by atoms with Gasteiger partial charge in [0.05, 0.1) is 23.7 Å². The fourth-order valence-corrected chi connectivity index (χ4v) is 2.21. The molecule has 114 valence electrons. The Kier molecular flexibility index (Phi) is 7.13. The molecule has 1 aromatic carbocycles. The second-order valence-electron chi connectivity index (χ2n) is 4.12. The number of methoxy groups -OCH3 is 1. The maximum absolute atomic E-state index is 11.9. The number of carbonyl (C=O) groups excluding carboxylic acids is 2. The lowest BCUT2D eigenvalue weighted by Gasteiger charge is -2.06. The van der Waals surface area contributed by atoms with E-state index in [1.807, 2.05) is 0 Å². The minimum Gasteiger partial charge on any atom is -0.496 e. The van der Waals surface area contributed by atoms with Gasteiger partial charge in [-0.2, -0.15) is 5.10 Å². The lowest BCUT2D eigenvalue weighted by Crippen LogP contribution is -2.20. The maximum Gasteiger partial charge on any atom is 0.311 e. The summed E-state index contributed by atoms with van der Waals surface area (Å²) in [4.78, 5) is 23.2. The average molecular weight is 404 g/mol. The molecule has 0 fully saturated rings. The van der Waals surface area contributed by atoms with Crippen LogP contribution in [0.1, 0.15) is 30.6 Å². The minimum absolute atomic E-state index is 0.0499. The first kappa shape index (κ1) is 17.4. The van der Waals surface area contributed by atoms with Gasteiger partial charge in [0.15, 0.2) is 0 Å². The van der Waals surface area contributed by atoms with Crippen molar-refractivity contribution in [1.29, 1.82) is 0 Å². The number of rotatable bonds is 6. The van der Waals surface area contributed by atoms with Crippen LogP contribution in [-0.2, 0) is 9.53 Å². The van der Waals surface area contributed by atoms with E-state index in [9.17, 15) is 9.59 Å². The molecule has 0 aliphatic heterocycles. The number of hydrogen-bond donors (Lipinski definition) is 1. The highest BCUT2D eigenvalue weighted by Gasteiger charge is 2.09. The van der Waals surface area contributed by atoms with Gasteiger partial charge >= 0.3 is 5.97 Å². The molecule has 0 saturated carbocycles. The van der Waals surface area contributed by atoms with E-state index in [2.05, 4.69) is 33.1 Å². The third-order valence-electron chi connectivity index (χ3n) is 2.47. The van der Waals surface area contributed by atoms with Crippen LogP contribution >= 0.6 is 22.6 Å². The van der Waals surface area contributed by atoms with Crippen molar-refractivity contribution in [2.24, 2.45) is 5.10 Å². The Labute approximate surface area is 137 Å². The third kappa shape index (κ3) is 5.70. The van der Waals surface area contributed by atoms with E-state index in [4.69, 9.17) is 9.47 Å². The van der Waals surface area contributed by atoms with Gasteiger partial charge in [-0.25, -0.2) is 5.43 Å². The van der Waals surface area contributed by atoms with E-state index < -0.39 is 0 Å². The summed E-state index contributed by atoms with van der Waals surface area (Å²) in [7, 11) is 1.57. The zero-order valence-corrected chi connectivity index (χ0v) is 14.3. The van der Waals surface area contributed by atoms with Crippen LogP contribution in [0.2, 0.25) is 0 Å². The van der Waals surface area contributed by atoms with Crippen LogP contribution in [0.3, 0.4) is 0 Å². The van der Waals surface area contributed by atoms with E-state index in [0.717, 1.165) is 3.57 Å². The van der Waals surface area contributed by atoms with Crippen molar-refractivity contribution in [2.75, 3.05) is 13.7 Å². The van der Waals surface area contributed by atoms with Crippen LogP contribution < -0.4 is 10.2 Å². The number of nitrogens with zero attached hydrogens (tertiary/aromatic N) is 1. The number of benzene rings is 1. The summed E-state index contributed by atoms with van der Waals surface area (Å²) in [6.07, 6.45) is 0.0499. The molecule has 0 bridgehead atoms. The van der Waals surface area contributed by atoms with Crippen molar-refractivity contribution in [1.82, 2.24) is 5.43 Å². The lowest BCUT2D eigenvalue weighted by atomic mass is 10.2. The fourth-order valence-electron chi connectivity index (χ4n) is 1.48. The van der Waals surface area contributed by atoms with Crippen LogP contribution in [0.4, 0.5) is 0 Å². The standard InChI is InChI=1S/C14H17IN2O4/c1-4-21-13(18)7-9(2)16-17-14(19)10-5-6-12(20-3)11(15)8-10/h5-6,8H,4,7H2,1-3H3,(H,17,19)/b16-9+. The van der Waals surface area contributed by atoms with E-state index in [-0.39, 0.29) is 18.3 Å². The van der Waals surface area contributed by atoms with Crippen LogP contribution in [0.15, 0.2) is 23.3 Å². The number of hydrogen-bond acceptors (Lipinski definition) is 5. The monoisotopic (exact) mass is 404 g/mol. The highest BCUT2D eigenvalue weighted by molar-refractivity contribution is 14.1. The summed E-state index contributed by atoms with van der Waals surface area (Å²) >= 11 is 2.08. The molecule has 1 N–H and O–H groups in total. The quantitative estimate of drug-likeness (QED) is 0.342. The molecule has 0 aliphatic carbocycles. The summed E-state index contributed by atoms with van der Waals surface area (Å²) in [6.45, 7) is 3.70. The molecular weight excluding hydrogens is 387 g/mol. The van der Waals surface area contributed by atoms with Crippen molar-refractivity contribution >= 4 is 40.2 Å². The third-order valence-corrected chi connectivity index (χ3v) is 3.31. The zero-order chi connectivity index (χ0) is 15.8. The predicted molar refractivity (Wildman–Crippen MR) is 87.5 cm³/mol. The highest BCUT2D eigenvalue weighted by Crippen LogP contribution is 2.21. The molecular formula is C14H17IN2O4. The predicted octanol–water partition coefficient (Wildman–Crippen LogP) is 2.36. The molecule has 0 aromatic heterocycles. The molecule has 0 unspecified atom stereocenters. The van der Waals surface area contributed by atoms with Crippen LogP contribution in [0, 0.1) is 3.57 Å². The number of carbonyl (C=O) groups is 2. The van der Waals surface area contributed by atoms with Crippen LogP contribution in [0.25, 0.3) is 0 Å². The fraction of sp³-hybridized carbons (Fsp3) is 0.357. The van der Waals surface area contributed by atoms with Crippen LogP contribution in [-0.4, -0.2) is 31.3 Å². The van der Waals surface area contributed by atoms with Gasteiger partial charge in [-0.05, 0) is 54.6 Å². The number of hydrazone groups is 1. The molecule has 6 nitrogen and oxygen atoms in total. The summed E-state index contributed by atoms with van der Waals surface area (Å²) in [5, 5.41) is 3.88. The molecule has 0 atom stereocenters. The Balaban J connectivity index is 2.64. The molecule has 0 aliphatic rings. The molecule has 0 heterocycles. The number of esters is 1. The zero-order valence-electron chi connectivity index (χ0n) is 12.1. The van der Waals surface area contributed by atoms with Crippen molar-refractivity contribution in [3.63, 3.8) is 0 Å². The first-order chi connectivity index (χ1) is 9.97. The molecule has 0 radical (unpaired) electrons. The molecule has 1 rings (SSSR count). The summed E-state index contributed by atoms with van der Waals surface area (Å²) in [6, 6.07) is 5.06. The molecule has 21 heavy (non-hydrogen) atoms. The molecule has 0 spiro atoms. The minimum atomic E-state index is -0.369. The van der Waals surface area contributed by atoms with Gasteiger partial charge in [0.25, 0.3) is 5.91 Å².